The van der Waals surface area contributed by atoms with Crippen LogP contribution in [0.3, 0.4) is 0 Å². The Hall–Kier alpha value is -1.34. The highest BCUT2D eigenvalue weighted by molar-refractivity contribution is 6.36. The summed E-state index contributed by atoms with van der Waals surface area (Å²) in [5, 5.41) is 2.58. The van der Waals surface area contributed by atoms with E-state index in [2.05, 4.69) is 0 Å². The lowest BCUT2D eigenvalue weighted by Crippen LogP contribution is -1.87. The van der Waals surface area contributed by atoms with Crippen molar-refractivity contribution in [2.24, 2.45) is 0 Å². The molecule has 0 bridgehead atoms. The molecule has 2 rings (SSSR count). The fourth-order valence-corrected chi connectivity index (χ4v) is 1.90. The van der Waals surface area contributed by atoms with Crippen LogP contribution in [-0.2, 0) is 0 Å². The Morgan fingerprint density at radius 3 is 2.71 bits per heavy atom. The van der Waals surface area contributed by atoms with Gasteiger partial charge >= 0.3 is 0 Å². The highest BCUT2D eigenvalue weighted by Gasteiger charge is 2.05. The number of carbonyl (C=O) groups excluding carboxylic acids is 1. The van der Waals surface area contributed by atoms with Crippen LogP contribution >= 0.6 is 11.6 Å². The number of hydrogen-bond donors (Lipinski definition) is 0. The van der Waals surface area contributed by atoms with Crippen LogP contribution in [0.25, 0.3) is 10.8 Å². The molecule has 0 atom stereocenters. The molecule has 0 N–H and O–H groups in total. The van der Waals surface area contributed by atoms with Crippen molar-refractivity contribution in [3.05, 3.63) is 46.5 Å². The van der Waals surface area contributed by atoms with Crippen LogP contribution in [0.4, 0.5) is 0 Å². The second-order valence-corrected chi connectivity index (χ2v) is 3.66. The molecular formula is C12H9ClO. The molecule has 0 saturated carbocycles. The largest absolute Gasteiger partial charge is 0.298 e. The summed E-state index contributed by atoms with van der Waals surface area (Å²) in [5.41, 5.74) is 1.77. The van der Waals surface area contributed by atoms with Gasteiger partial charge in [-0.25, -0.2) is 0 Å². The molecule has 0 radical (unpaired) electrons. The number of rotatable bonds is 1. The zero-order valence-electron chi connectivity index (χ0n) is 7.75. The molecule has 0 amide bonds. The van der Waals surface area contributed by atoms with E-state index in [0.717, 1.165) is 22.6 Å². The van der Waals surface area contributed by atoms with Gasteiger partial charge in [-0.15, -0.1) is 0 Å². The lowest BCUT2D eigenvalue weighted by atomic mass is 10.0. The van der Waals surface area contributed by atoms with Gasteiger partial charge in [-0.05, 0) is 23.9 Å². The van der Waals surface area contributed by atoms with Crippen LogP contribution < -0.4 is 0 Å². The van der Waals surface area contributed by atoms with E-state index in [0.29, 0.717) is 10.6 Å². The third kappa shape index (κ3) is 1.30. The lowest BCUT2D eigenvalue weighted by Gasteiger charge is -2.05. The van der Waals surface area contributed by atoms with Crippen LogP contribution in [0.2, 0.25) is 5.02 Å². The van der Waals surface area contributed by atoms with Gasteiger partial charge in [-0.1, -0.05) is 35.9 Å². The molecule has 2 heteroatoms. The molecule has 0 saturated heterocycles. The maximum Gasteiger partial charge on any atom is 0.150 e. The van der Waals surface area contributed by atoms with Gasteiger partial charge in [0.2, 0.25) is 0 Å². The highest BCUT2D eigenvalue weighted by atomic mass is 35.5. The maximum absolute atomic E-state index is 10.8. The number of hydrogen-bond acceptors (Lipinski definition) is 1. The monoisotopic (exact) mass is 204 g/mol. The molecule has 0 fully saturated rings. The number of benzene rings is 2. The summed E-state index contributed by atoms with van der Waals surface area (Å²) in [6.07, 6.45) is 0.867. The first-order valence-electron chi connectivity index (χ1n) is 4.37. The second kappa shape index (κ2) is 3.43. The second-order valence-electron chi connectivity index (χ2n) is 3.25. The molecule has 1 nitrogen and oxygen atoms in total. The van der Waals surface area contributed by atoms with Crippen molar-refractivity contribution in [2.45, 2.75) is 6.92 Å². The first-order chi connectivity index (χ1) is 6.74. The number of aldehydes is 1. The third-order valence-corrected chi connectivity index (χ3v) is 2.68. The molecule has 0 aliphatic carbocycles. The quantitative estimate of drug-likeness (QED) is 0.649. The van der Waals surface area contributed by atoms with Crippen molar-refractivity contribution in [3.63, 3.8) is 0 Å². The number of fused-ring (bicyclic) bond motifs is 1. The maximum atomic E-state index is 10.8. The first kappa shape index (κ1) is 9.22. The molecule has 0 aliphatic rings. The summed E-state index contributed by atoms with van der Waals surface area (Å²) in [6, 6.07) is 9.36. The van der Waals surface area contributed by atoms with Crippen molar-refractivity contribution in [1.82, 2.24) is 0 Å². The van der Waals surface area contributed by atoms with Crippen molar-refractivity contribution in [3.8, 4) is 0 Å². The minimum Gasteiger partial charge on any atom is -0.298 e. The molecule has 0 unspecified atom stereocenters. The van der Waals surface area contributed by atoms with Crippen molar-refractivity contribution >= 4 is 28.7 Å². The van der Waals surface area contributed by atoms with Gasteiger partial charge in [-0.3, -0.25) is 4.79 Å². The van der Waals surface area contributed by atoms with Crippen LogP contribution in [0, 0.1) is 6.92 Å². The van der Waals surface area contributed by atoms with Crippen LogP contribution in [0.5, 0.6) is 0 Å². The summed E-state index contributed by atoms with van der Waals surface area (Å²) < 4.78 is 0. The Morgan fingerprint density at radius 2 is 2.00 bits per heavy atom. The van der Waals surface area contributed by atoms with E-state index < -0.39 is 0 Å². The highest BCUT2D eigenvalue weighted by Crippen LogP contribution is 2.28. The Labute approximate surface area is 87.3 Å². The van der Waals surface area contributed by atoms with Gasteiger partial charge < -0.3 is 0 Å². The zero-order valence-corrected chi connectivity index (χ0v) is 8.51. The predicted molar refractivity (Wildman–Crippen MR) is 59.1 cm³/mol. The smallest absolute Gasteiger partial charge is 0.150 e. The average Bonchev–Trinajstić information content (AvgIpc) is 2.23. The van der Waals surface area contributed by atoms with E-state index in [1.54, 1.807) is 6.07 Å². The van der Waals surface area contributed by atoms with E-state index >= 15 is 0 Å². The van der Waals surface area contributed by atoms with Gasteiger partial charge in [0.15, 0.2) is 6.29 Å². The molecule has 70 valence electrons. The van der Waals surface area contributed by atoms with Gasteiger partial charge in [0.1, 0.15) is 0 Å². The van der Waals surface area contributed by atoms with E-state index in [1.807, 2.05) is 31.2 Å². The number of carbonyl (C=O) groups is 1. The summed E-state index contributed by atoms with van der Waals surface area (Å²) in [4.78, 5) is 10.8. The Kier molecular flexibility index (Phi) is 2.26. The van der Waals surface area contributed by atoms with Crippen LogP contribution in [0.1, 0.15) is 15.9 Å². The molecule has 0 aromatic heterocycles. The van der Waals surface area contributed by atoms with E-state index in [-0.39, 0.29) is 0 Å². The Morgan fingerprint density at radius 1 is 1.21 bits per heavy atom. The normalized spacial score (nSPS) is 10.4. The van der Waals surface area contributed by atoms with Crippen molar-refractivity contribution < 1.29 is 4.79 Å². The lowest BCUT2D eigenvalue weighted by molar-refractivity contribution is 0.112. The molecule has 0 spiro atoms. The van der Waals surface area contributed by atoms with Crippen LogP contribution in [0.15, 0.2) is 30.3 Å². The minimum absolute atomic E-state index is 0.689. The molecular weight excluding hydrogens is 196 g/mol. The Bertz CT molecular complexity index is 503. The molecule has 2 aromatic carbocycles. The van der Waals surface area contributed by atoms with Gasteiger partial charge in [0, 0.05) is 16.0 Å². The molecule has 0 heterocycles. The van der Waals surface area contributed by atoms with Crippen LogP contribution in [-0.4, -0.2) is 6.29 Å². The Balaban J connectivity index is 2.99. The predicted octanol–water partition coefficient (Wildman–Crippen LogP) is 3.61. The van der Waals surface area contributed by atoms with E-state index in [4.69, 9.17) is 11.6 Å². The fraction of sp³-hybridized carbons (Fsp3) is 0.0833. The molecule has 2 aromatic rings. The van der Waals surface area contributed by atoms with Crippen molar-refractivity contribution in [1.29, 1.82) is 0 Å². The van der Waals surface area contributed by atoms with E-state index in [9.17, 15) is 4.79 Å². The summed E-state index contributed by atoms with van der Waals surface area (Å²) >= 11 is 6.04. The standard InChI is InChI=1S/C12H9ClO/c1-8-5-6-11(13)10-4-2-3-9(7-14)12(8)10/h2-7H,1H3. The summed E-state index contributed by atoms with van der Waals surface area (Å²) in [5.74, 6) is 0. The van der Waals surface area contributed by atoms with Gasteiger partial charge in [0.05, 0.1) is 0 Å². The first-order valence-corrected chi connectivity index (χ1v) is 4.75. The third-order valence-electron chi connectivity index (χ3n) is 2.35. The average molecular weight is 205 g/mol. The van der Waals surface area contributed by atoms with Gasteiger partial charge in [0.25, 0.3) is 0 Å². The fourth-order valence-electron chi connectivity index (χ4n) is 1.68. The number of aryl methyl sites for hydroxylation is 1. The topological polar surface area (TPSA) is 17.1 Å². The zero-order chi connectivity index (χ0) is 10.1. The minimum atomic E-state index is 0.689. The molecule has 14 heavy (non-hydrogen) atoms. The van der Waals surface area contributed by atoms with Gasteiger partial charge in [-0.2, -0.15) is 0 Å². The summed E-state index contributed by atoms with van der Waals surface area (Å²) in [7, 11) is 0. The summed E-state index contributed by atoms with van der Waals surface area (Å²) in [6.45, 7) is 1.98. The number of halogens is 1. The van der Waals surface area contributed by atoms with E-state index in [1.165, 1.54) is 0 Å². The SMILES string of the molecule is Cc1ccc(Cl)c2cccc(C=O)c12. The van der Waals surface area contributed by atoms with Crippen molar-refractivity contribution in [2.75, 3.05) is 0 Å². The molecule has 0 aliphatic heterocycles.